The number of carbonyl (C=O) groups excluding carboxylic acids is 2. The van der Waals surface area contributed by atoms with Crippen molar-refractivity contribution in [3.8, 4) is 5.75 Å². The molecule has 1 aliphatic heterocycles. The summed E-state index contributed by atoms with van der Waals surface area (Å²) in [6, 6.07) is 13.8. The van der Waals surface area contributed by atoms with Crippen LogP contribution < -0.4 is 4.74 Å². The Hall–Kier alpha value is -2.64. The highest BCUT2D eigenvalue weighted by Crippen LogP contribution is 2.22. The fourth-order valence-electron chi connectivity index (χ4n) is 3.50. The Labute approximate surface area is 190 Å². The van der Waals surface area contributed by atoms with Gasteiger partial charge >= 0.3 is 0 Å². The number of hydrogen-bond donors (Lipinski definition) is 0. The molecule has 5 nitrogen and oxygen atoms in total. The van der Waals surface area contributed by atoms with Crippen LogP contribution >= 0.6 is 22.7 Å². The minimum atomic E-state index is 0.0285. The summed E-state index contributed by atoms with van der Waals surface area (Å²) in [7, 11) is 0. The van der Waals surface area contributed by atoms with E-state index >= 15 is 0 Å². The zero-order valence-electron chi connectivity index (χ0n) is 17.7. The first-order valence-corrected chi connectivity index (χ1v) is 12.2. The van der Waals surface area contributed by atoms with E-state index < -0.39 is 0 Å². The van der Waals surface area contributed by atoms with Crippen molar-refractivity contribution in [3.05, 3.63) is 74.1 Å². The minimum absolute atomic E-state index is 0.0285. The van der Waals surface area contributed by atoms with E-state index in [1.807, 2.05) is 50.9 Å². The lowest BCUT2D eigenvalue weighted by Crippen LogP contribution is -2.50. The van der Waals surface area contributed by atoms with Crippen molar-refractivity contribution < 1.29 is 14.3 Å². The first-order chi connectivity index (χ1) is 15.0. The number of rotatable bonds is 6. The van der Waals surface area contributed by atoms with Gasteiger partial charge in [0.05, 0.1) is 9.75 Å². The maximum absolute atomic E-state index is 12.9. The highest BCUT2D eigenvalue weighted by Gasteiger charge is 2.26. The third-order valence-corrected chi connectivity index (χ3v) is 7.23. The van der Waals surface area contributed by atoms with Gasteiger partial charge in [-0.05, 0) is 46.5 Å². The summed E-state index contributed by atoms with van der Waals surface area (Å²) in [6.07, 6.45) is 0. The van der Waals surface area contributed by atoms with Gasteiger partial charge in [0.2, 0.25) is 0 Å². The fraction of sp³-hybridized carbons (Fsp3) is 0.333. The molecule has 31 heavy (non-hydrogen) atoms. The van der Waals surface area contributed by atoms with Crippen molar-refractivity contribution in [1.82, 2.24) is 9.80 Å². The van der Waals surface area contributed by atoms with E-state index in [0.29, 0.717) is 43.6 Å². The number of benzene rings is 1. The molecule has 4 rings (SSSR count). The Morgan fingerprint density at radius 1 is 0.935 bits per heavy atom. The van der Waals surface area contributed by atoms with Gasteiger partial charge in [0, 0.05) is 31.7 Å². The van der Waals surface area contributed by atoms with E-state index in [-0.39, 0.29) is 11.8 Å². The standard InChI is InChI=1S/C24H26N2O3S2/c1-17(2)19-5-7-20(8-6-19)29-15-18-14-22(31-16-18)24(28)26-11-9-25(10-12-26)23(27)21-4-3-13-30-21/h3-8,13-14,16-17H,9-12,15H2,1-2H3. The van der Waals surface area contributed by atoms with E-state index in [4.69, 9.17) is 4.74 Å². The fourth-order valence-corrected chi connectivity index (χ4v) is 5.06. The summed E-state index contributed by atoms with van der Waals surface area (Å²) in [4.78, 5) is 30.5. The van der Waals surface area contributed by atoms with Crippen molar-refractivity contribution in [2.75, 3.05) is 26.2 Å². The van der Waals surface area contributed by atoms with Crippen LogP contribution in [0.2, 0.25) is 0 Å². The van der Waals surface area contributed by atoms with Gasteiger partial charge in [0.1, 0.15) is 12.4 Å². The molecule has 162 valence electrons. The van der Waals surface area contributed by atoms with E-state index in [1.54, 1.807) is 0 Å². The summed E-state index contributed by atoms with van der Waals surface area (Å²) in [5.41, 5.74) is 2.28. The highest BCUT2D eigenvalue weighted by atomic mass is 32.1. The van der Waals surface area contributed by atoms with Crippen LogP contribution in [0.25, 0.3) is 0 Å². The molecule has 1 fully saturated rings. The van der Waals surface area contributed by atoms with Crippen molar-refractivity contribution >= 4 is 34.5 Å². The van der Waals surface area contributed by atoms with Crippen molar-refractivity contribution in [3.63, 3.8) is 0 Å². The first-order valence-electron chi connectivity index (χ1n) is 10.4. The monoisotopic (exact) mass is 454 g/mol. The van der Waals surface area contributed by atoms with Gasteiger partial charge < -0.3 is 14.5 Å². The third-order valence-electron chi connectivity index (χ3n) is 5.40. The van der Waals surface area contributed by atoms with Crippen LogP contribution in [0.15, 0.2) is 53.2 Å². The lowest BCUT2D eigenvalue weighted by Gasteiger charge is -2.34. The highest BCUT2D eigenvalue weighted by molar-refractivity contribution is 7.12. The van der Waals surface area contributed by atoms with E-state index in [0.717, 1.165) is 16.2 Å². The minimum Gasteiger partial charge on any atom is -0.489 e. The van der Waals surface area contributed by atoms with Gasteiger partial charge in [0.25, 0.3) is 11.8 Å². The number of amides is 2. The van der Waals surface area contributed by atoms with Gasteiger partial charge in [0.15, 0.2) is 0 Å². The van der Waals surface area contributed by atoms with Crippen LogP contribution in [-0.4, -0.2) is 47.8 Å². The molecule has 0 bridgehead atoms. The normalized spacial score (nSPS) is 14.2. The zero-order valence-corrected chi connectivity index (χ0v) is 19.4. The number of nitrogens with zero attached hydrogens (tertiary/aromatic N) is 2. The third kappa shape index (κ3) is 5.17. The predicted molar refractivity (Wildman–Crippen MR) is 125 cm³/mol. The molecule has 1 aliphatic rings. The molecule has 1 saturated heterocycles. The summed E-state index contributed by atoms with van der Waals surface area (Å²) < 4.78 is 5.88. The Bertz CT molecular complexity index is 1020. The lowest BCUT2D eigenvalue weighted by molar-refractivity contribution is 0.0540. The Kier molecular flexibility index (Phi) is 6.73. The maximum Gasteiger partial charge on any atom is 0.264 e. The smallest absolute Gasteiger partial charge is 0.264 e. The molecular weight excluding hydrogens is 428 g/mol. The summed E-state index contributed by atoms with van der Waals surface area (Å²) in [6.45, 7) is 7.02. The summed E-state index contributed by atoms with van der Waals surface area (Å²) in [5, 5.41) is 3.89. The molecule has 0 unspecified atom stereocenters. The topological polar surface area (TPSA) is 49.9 Å². The largest absolute Gasteiger partial charge is 0.489 e. The van der Waals surface area contributed by atoms with Gasteiger partial charge in [-0.25, -0.2) is 0 Å². The second kappa shape index (κ2) is 9.66. The van der Waals surface area contributed by atoms with Gasteiger partial charge in [-0.1, -0.05) is 32.0 Å². The van der Waals surface area contributed by atoms with Crippen molar-refractivity contribution in [1.29, 1.82) is 0 Å². The van der Waals surface area contributed by atoms with Crippen LogP contribution in [0.4, 0.5) is 0 Å². The Morgan fingerprint density at radius 2 is 1.58 bits per heavy atom. The molecule has 0 N–H and O–H groups in total. The van der Waals surface area contributed by atoms with Crippen LogP contribution in [-0.2, 0) is 6.61 Å². The van der Waals surface area contributed by atoms with Crippen LogP contribution in [0.5, 0.6) is 5.75 Å². The number of ether oxygens (including phenoxy) is 1. The van der Waals surface area contributed by atoms with Gasteiger partial charge in [-0.3, -0.25) is 9.59 Å². The molecule has 0 radical (unpaired) electrons. The average molecular weight is 455 g/mol. The van der Waals surface area contributed by atoms with Crippen LogP contribution in [0.3, 0.4) is 0 Å². The lowest BCUT2D eigenvalue weighted by atomic mass is 10.0. The second-order valence-corrected chi connectivity index (χ2v) is 9.75. The van der Waals surface area contributed by atoms with E-state index in [9.17, 15) is 9.59 Å². The van der Waals surface area contributed by atoms with E-state index in [1.165, 1.54) is 28.2 Å². The molecule has 3 heterocycles. The number of thiophene rings is 2. The summed E-state index contributed by atoms with van der Waals surface area (Å²) >= 11 is 2.90. The number of hydrogen-bond acceptors (Lipinski definition) is 5. The SMILES string of the molecule is CC(C)c1ccc(OCc2csc(C(=O)N3CCN(C(=O)c4cccs4)CC3)c2)cc1. The molecule has 2 amide bonds. The Morgan fingerprint density at radius 3 is 2.16 bits per heavy atom. The number of carbonyl (C=O) groups is 2. The van der Waals surface area contributed by atoms with Crippen LogP contribution in [0, 0.1) is 0 Å². The molecule has 0 aliphatic carbocycles. The number of piperazine rings is 1. The molecular formula is C24H26N2O3S2. The first kappa shape index (κ1) is 21.6. The molecule has 7 heteroatoms. The Balaban J connectivity index is 1.29. The maximum atomic E-state index is 12.9. The van der Waals surface area contributed by atoms with Crippen LogP contribution in [0.1, 0.15) is 50.2 Å². The van der Waals surface area contributed by atoms with Gasteiger partial charge in [-0.15, -0.1) is 22.7 Å². The second-order valence-electron chi connectivity index (χ2n) is 7.89. The average Bonchev–Trinajstić information content (AvgIpc) is 3.49. The van der Waals surface area contributed by atoms with Crippen molar-refractivity contribution in [2.24, 2.45) is 0 Å². The molecule has 3 aromatic rings. The molecule has 2 aromatic heterocycles. The quantitative estimate of drug-likeness (QED) is 0.520. The van der Waals surface area contributed by atoms with Crippen molar-refractivity contribution in [2.45, 2.75) is 26.4 Å². The van der Waals surface area contributed by atoms with Gasteiger partial charge in [-0.2, -0.15) is 0 Å². The zero-order chi connectivity index (χ0) is 21.8. The molecule has 0 saturated carbocycles. The molecule has 1 aromatic carbocycles. The predicted octanol–water partition coefficient (Wildman–Crippen LogP) is 5.11. The summed E-state index contributed by atoms with van der Waals surface area (Å²) in [5.74, 6) is 1.41. The molecule has 0 atom stereocenters. The van der Waals surface area contributed by atoms with E-state index in [2.05, 4.69) is 26.0 Å². The molecule has 0 spiro atoms.